The van der Waals surface area contributed by atoms with Crippen LogP contribution in [-0.4, -0.2) is 21.7 Å². The number of carboxylic acids is 1. The van der Waals surface area contributed by atoms with Crippen LogP contribution in [0.25, 0.3) is 0 Å². The summed E-state index contributed by atoms with van der Waals surface area (Å²) in [6.45, 7) is 0. The normalized spacial score (nSPS) is 7.67. The van der Waals surface area contributed by atoms with E-state index in [-0.39, 0.29) is 37.1 Å². The second kappa shape index (κ2) is 5.67. The maximum absolute atomic E-state index is 10.3. The van der Waals surface area contributed by atoms with Crippen molar-refractivity contribution >= 4 is 5.97 Å². The van der Waals surface area contributed by atoms with Crippen LogP contribution in [0.1, 0.15) is 11.8 Å². The molecule has 4 nitrogen and oxygen atoms in total. The Kier molecular flexibility index (Phi) is 6.43. The van der Waals surface area contributed by atoms with Gasteiger partial charge in [-0.15, -0.1) is 0 Å². The number of hydrogen-bond donors (Lipinski definition) is 2. The molecule has 5 heteroatoms. The third-order valence-electron chi connectivity index (χ3n) is 1.13. The Balaban J connectivity index is -0.000000333. The van der Waals surface area contributed by atoms with Gasteiger partial charge in [0.2, 0.25) is 0 Å². The zero-order valence-corrected chi connectivity index (χ0v) is 6.61. The monoisotopic (exact) mass is 164 g/mol. The van der Waals surface area contributed by atoms with Crippen molar-refractivity contribution in [2.75, 3.05) is 0 Å². The van der Waals surface area contributed by atoms with Gasteiger partial charge in [0, 0.05) is 0 Å². The van der Waals surface area contributed by atoms with Gasteiger partial charge in [0.15, 0.2) is 0 Å². The fourth-order valence-corrected chi connectivity index (χ4v) is 0.654. The summed E-state index contributed by atoms with van der Waals surface area (Å²) in [5.74, 6) is -1.31. The molecule has 0 spiro atoms. The predicted octanol–water partition coefficient (Wildman–Crippen LogP) is -2.62. The zero-order valence-electron chi connectivity index (χ0n) is 7.61. The molecule has 0 aliphatic heterocycles. The molecule has 0 amide bonds. The van der Waals surface area contributed by atoms with Crippen LogP contribution < -0.4 is 18.9 Å². The molecular weight excluding hydrogens is 155 g/mol. The number of para-hydroxylation sites is 1. The molecule has 0 heterocycles. The Morgan fingerprint density at radius 2 is 1.83 bits per heavy atom. The second-order valence-electron chi connectivity index (χ2n) is 1.82. The predicted molar refractivity (Wildman–Crippen MR) is 39.8 cm³/mol. The number of hydrogen-bond acceptors (Lipinski definition) is 2. The number of carboxylic acid groups (broad SMARTS) is 1. The van der Waals surface area contributed by atoms with Gasteiger partial charge >= 0.3 is 24.8 Å². The van der Waals surface area contributed by atoms with Gasteiger partial charge in [-0.3, -0.25) is 0 Å². The molecule has 1 rings (SSSR count). The van der Waals surface area contributed by atoms with Crippen molar-refractivity contribution in [1.82, 2.24) is 0 Å². The minimum absolute atomic E-state index is 0. The minimum atomic E-state index is -1.11. The number of rotatable bonds is 1. The van der Waals surface area contributed by atoms with E-state index in [1.165, 1.54) is 12.1 Å². The van der Waals surface area contributed by atoms with Gasteiger partial charge in [-0.1, -0.05) is 12.1 Å². The molecule has 0 aromatic heterocycles. The van der Waals surface area contributed by atoms with E-state index >= 15 is 0 Å². The Bertz CT molecular complexity index is 266. The summed E-state index contributed by atoms with van der Waals surface area (Å²) in [5, 5.41) is 17.3. The van der Waals surface area contributed by atoms with E-state index in [9.17, 15) is 4.79 Å². The van der Waals surface area contributed by atoms with Crippen LogP contribution in [0.5, 0.6) is 5.75 Å². The van der Waals surface area contributed by atoms with E-state index in [1.54, 1.807) is 12.1 Å². The van der Waals surface area contributed by atoms with Crippen LogP contribution >= 0.6 is 0 Å². The summed E-state index contributed by atoms with van der Waals surface area (Å²) < 4.78 is 0. The molecule has 12 heavy (non-hydrogen) atoms. The first kappa shape index (κ1) is 13.6. The van der Waals surface area contributed by atoms with E-state index in [0.29, 0.717) is 0 Å². The smallest absolute Gasteiger partial charge is 1.00 e. The average Bonchev–Trinajstić information content (AvgIpc) is 1.88. The molecule has 0 saturated heterocycles. The van der Waals surface area contributed by atoms with Crippen molar-refractivity contribution < 1.29 is 40.8 Å². The first-order valence-corrected chi connectivity index (χ1v) is 2.73. The summed E-state index contributed by atoms with van der Waals surface area (Å²) in [7, 11) is 0. The second-order valence-corrected chi connectivity index (χ2v) is 1.82. The quantitative estimate of drug-likeness (QED) is 0.445. The van der Waals surface area contributed by atoms with E-state index in [1.807, 2.05) is 0 Å². The molecular formula is C7H9LiO4. The topological polar surface area (TPSA) is 89.0 Å². The average molecular weight is 164 g/mol. The fraction of sp³-hybridized carbons (Fsp3) is 0. The molecule has 62 valence electrons. The number of aromatic carboxylic acids is 1. The van der Waals surface area contributed by atoms with Crippen LogP contribution in [0.2, 0.25) is 0 Å². The largest absolute Gasteiger partial charge is 1.00 e. The number of benzene rings is 1. The van der Waals surface area contributed by atoms with Crippen LogP contribution in [0.3, 0.4) is 0 Å². The van der Waals surface area contributed by atoms with Gasteiger partial charge in [-0.2, -0.15) is 0 Å². The van der Waals surface area contributed by atoms with E-state index < -0.39 is 5.97 Å². The molecule has 0 radical (unpaired) electrons. The summed E-state index contributed by atoms with van der Waals surface area (Å²) in [5.41, 5.74) is -0.0671. The third kappa shape index (κ3) is 2.97. The fourth-order valence-electron chi connectivity index (χ4n) is 0.654. The third-order valence-corrected chi connectivity index (χ3v) is 1.13. The molecule has 0 unspecified atom stereocenters. The van der Waals surface area contributed by atoms with Gasteiger partial charge in [0.05, 0.1) is 0 Å². The zero-order chi connectivity index (χ0) is 7.56. The van der Waals surface area contributed by atoms with Crippen molar-refractivity contribution in [2.45, 2.75) is 0 Å². The summed E-state index contributed by atoms with van der Waals surface area (Å²) >= 11 is 0. The van der Waals surface area contributed by atoms with Crippen LogP contribution in [-0.2, 0) is 0 Å². The number of phenols is 1. The van der Waals surface area contributed by atoms with E-state index in [2.05, 4.69) is 0 Å². The first-order chi connectivity index (χ1) is 4.72. The maximum atomic E-state index is 10.3. The summed E-state index contributed by atoms with van der Waals surface area (Å²) in [6, 6.07) is 5.81. The molecule has 0 fully saturated rings. The molecule has 0 aliphatic carbocycles. The number of carbonyl (C=O) groups is 1. The SMILES string of the molecule is O.O=C(O)c1ccccc1O.[H-].[Li+]. The van der Waals surface area contributed by atoms with Crippen molar-refractivity contribution in [3.8, 4) is 5.75 Å². The maximum Gasteiger partial charge on any atom is 1.00 e. The van der Waals surface area contributed by atoms with Gasteiger partial charge in [-0.05, 0) is 12.1 Å². The van der Waals surface area contributed by atoms with Gasteiger partial charge in [0.1, 0.15) is 11.3 Å². The Morgan fingerprint density at radius 3 is 2.17 bits per heavy atom. The molecule has 0 saturated carbocycles. The minimum Gasteiger partial charge on any atom is -1.00 e. The standard InChI is InChI=1S/C7H6O3.Li.H2O.H/c8-6-4-2-1-3-5(6)7(9)10;;;/h1-4,8H,(H,9,10);;1H2;/q;+1;;-1. The molecule has 1 aromatic rings. The Hall–Kier alpha value is -0.953. The first-order valence-electron chi connectivity index (χ1n) is 2.73. The Labute approximate surface area is 82.8 Å². The van der Waals surface area contributed by atoms with E-state index in [0.717, 1.165) is 0 Å². The van der Waals surface area contributed by atoms with E-state index in [4.69, 9.17) is 10.2 Å². The molecule has 4 N–H and O–H groups in total. The summed E-state index contributed by atoms with van der Waals surface area (Å²) in [6.07, 6.45) is 0. The molecule has 0 atom stereocenters. The van der Waals surface area contributed by atoms with Crippen LogP contribution in [0.4, 0.5) is 0 Å². The molecule has 0 bridgehead atoms. The molecule has 1 aromatic carbocycles. The Morgan fingerprint density at radius 1 is 1.33 bits per heavy atom. The van der Waals surface area contributed by atoms with Crippen molar-refractivity contribution in [2.24, 2.45) is 0 Å². The van der Waals surface area contributed by atoms with Crippen molar-refractivity contribution in [1.29, 1.82) is 0 Å². The van der Waals surface area contributed by atoms with Crippen molar-refractivity contribution in [3.05, 3.63) is 29.8 Å². The number of aromatic hydroxyl groups is 1. The van der Waals surface area contributed by atoms with Gasteiger partial charge < -0.3 is 17.1 Å². The summed E-state index contributed by atoms with van der Waals surface area (Å²) in [4.78, 5) is 10.3. The van der Waals surface area contributed by atoms with Gasteiger partial charge in [-0.25, -0.2) is 4.79 Å². The van der Waals surface area contributed by atoms with Crippen molar-refractivity contribution in [3.63, 3.8) is 0 Å². The molecule has 0 aliphatic rings. The van der Waals surface area contributed by atoms with Crippen LogP contribution in [0, 0.1) is 0 Å². The van der Waals surface area contributed by atoms with Crippen LogP contribution in [0.15, 0.2) is 24.3 Å². The van der Waals surface area contributed by atoms with Gasteiger partial charge in [0.25, 0.3) is 0 Å².